The SMILES string of the molecule is CCN1CCC(C2CCN(C)C2)CC1. The van der Waals surface area contributed by atoms with Crippen LogP contribution in [-0.2, 0) is 0 Å². The summed E-state index contributed by atoms with van der Waals surface area (Å²) in [6.45, 7) is 8.92. The van der Waals surface area contributed by atoms with Crippen LogP contribution < -0.4 is 0 Å². The van der Waals surface area contributed by atoms with Crippen LogP contribution in [0.5, 0.6) is 0 Å². The van der Waals surface area contributed by atoms with Gasteiger partial charge in [-0.1, -0.05) is 6.92 Å². The highest BCUT2D eigenvalue weighted by Gasteiger charge is 2.29. The monoisotopic (exact) mass is 196 g/mol. The van der Waals surface area contributed by atoms with E-state index in [1.807, 2.05) is 0 Å². The second-order valence-electron chi connectivity index (χ2n) is 5.08. The molecule has 0 aliphatic carbocycles. The first kappa shape index (κ1) is 10.4. The molecule has 0 aromatic carbocycles. The van der Waals surface area contributed by atoms with Crippen molar-refractivity contribution < 1.29 is 0 Å². The van der Waals surface area contributed by atoms with Crippen LogP contribution in [0.25, 0.3) is 0 Å². The lowest BCUT2D eigenvalue weighted by molar-refractivity contribution is 0.154. The molecule has 0 aromatic rings. The second-order valence-corrected chi connectivity index (χ2v) is 5.08. The fourth-order valence-corrected chi connectivity index (χ4v) is 3.09. The highest BCUT2D eigenvalue weighted by atomic mass is 15.1. The van der Waals surface area contributed by atoms with Gasteiger partial charge >= 0.3 is 0 Å². The van der Waals surface area contributed by atoms with E-state index < -0.39 is 0 Å². The van der Waals surface area contributed by atoms with Gasteiger partial charge in [0.25, 0.3) is 0 Å². The van der Waals surface area contributed by atoms with Crippen molar-refractivity contribution in [3.05, 3.63) is 0 Å². The van der Waals surface area contributed by atoms with Gasteiger partial charge in [0.2, 0.25) is 0 Å². The smallest absolute Gasteiger partial charge is 0.000975 e. The van der Waals surface area contributed by atoms with Crippen LogP contribution in [0.3, 0.4) is 0 Å². The van der Waals surface area contributed by atoms with Gasteiger partial charge in [0, 0.05) is 6.54 Å². The molecular formula is C12H24N2. The maximum absolute atomic E-state index is 2.59. The molecule has 2 heterocycles. The summed E-state index contributed by atoms with van der Waals surface area (Å²) in [6.07, 6.45) is 4.35. The van der Waals surface area contributed by atoms with Crippen LogP contribution in [0.2, 0.25) is 0 Å². The van der Waals surface area contributed by atoms with Crippen LogP contribution in [0, 0.1) is 11.8 Å². The minimum Gasteiger partial charge on any atom is -0.306 e. The maximum atomic E-state index is 2.59. The molecule has 0 amide bonds. The first-order chi connectivity index (χ1) is 6.79. The lowest BCUT2D eigenvalue weighted by Gasteiger charge is -2.34. The first-order valence-electron chi connectivity index (χ1n) is 6.20. The summed E-state index contributed by atoms with van der Waals surface area (Å²) >= 11 is 0. The predicted molar refractivity (Wildman–Crippen MR) is 60.4 cm³/mol. The molecule has 0 bridgehead atoms. The molecule has 0 radical (unpaired) electrons. The Balaban J connectivity index is 1.78. The predicted octanol–water partition coefficient (Wildman–Crippen LogP) is 1.67. The zero-order valence-electron chi connectivity index (χ0n) is 9.71. The Morgan fingerprint density at radius 2 is 1.64 bits per heavy atom. The van der Waals surface area contributed by atoms with Gasteiger partial charge in [-0.15, -0.1) is 0 Å². The molecule has 0 aromatic heterocycles. The third-order valence-corrected chi connectivity index (χ3v) is 4.17. The normalized spacial score (nSPS) is 32.6. The van der Waals surface area contributed by atoms with Crippen molar-refractivity contribution in [3.8, 4) is 0 Å². The molecule has 2 nitrogen and oxygen atoms in total. The molecule has 2 fully saturated rings. The van der Waals surface area contributed by atoms with Crippen LogP contribution in [-0.4, -0.2) is 49.6 Å². The minimum atomic E-state index is 1.01. The van der Waals surface area contributed by atoms with E-state index in [0.717, 1.165) is 11.8 Å². The molecule has 0 saturated carbocycles. The van der Waals surface area contributed by atoms with Gasteiger partial charge < -0.3 is 9.80 Å². The highest BCUT2D eigenvalue weighted by molar-refractivity contribution is 4.83. The zero-order chi connectivity index (χ0) is 9.97. The van der Waals surface area contributed by atoms with Crippen molar-refractivity contribution in [2.24, 2.45) is 11.8 Å². The summed E-state index contributed by atoms with van der Waals surface area (Å²) in [7, 11) is 2.27. The Hall–Kier alpha value is -0.0800. The largest absolute Gasteiger partial charge is 0.306 e. The van der Waals surface area contributed by atoms with Gasteiger partial charge in [-0.05, 0) is 64.3 Å². The molecule has 2 heteroatoms. The van der Waals surface area contributed by atoms with Crippen molar-refractivity contribution in [1.29, 1.82) is 0 Å². The van der Waals surface area contributed by atoms with Gasteiger partial charge in [0.1, 0.15) is 0 Å². The van der Waals surface area contributed by atoms with Crippen LogP contribution in [0.1, 0.15) is 26.2 Å². The molecule has 0 spiro atoms. The van der Waals surface area contributed by atoms with Crippen molar-refractivity contribution in [2.45, 2.75) is 26.2 Å². The van der Waals surface area contributed by atoms with Crippen molar-refractivity contribution in [1.82, 2.24) is 9.80 Å². The Kier molecular flexibility index (Phi) is 3.45. The fraction of sp³-hybridized carbons (Fsp3) is 1.00. The topological polar surface area (TPSA) is 6.48 Å². The third-order valence-electron chi connectivity index (χ3n) is 4.17. The van der Waals surface area contributed by atoms with Gasteiger partial charge in [-0.25, -0.2) is 0 Å². The van der Waals surface area contributed by atoms with E-state index in [1.165, 1.54) is 52.0 Å². The van der Waals surface area contributed by atoms with Crippen molar-refractivity contribution in [2.75, 3.05) is 39.8 Å². The Labute approximate surface area is 88.3 Å². The summed E-state index contributed by atoms with van der Waals surface area (Å²) in [5.74, 6) is 2.04. The number of likely N-dealkylation sites (tertiary alicyclic amines) is 2. The molecule has 2 aliphatic heterocycles. The van der Waals surface area contributed by atoms with Crippen LogP contribution in [0.15, 0.2) is 0 Å². The fourth-order valence-electron chi connectivity index (χ4n) is 3.09. The third kappa shape index (κ3) is 2.29. The van der Waals surface area contributed by atoms with E-state index >= 15 is 0 Å². The van der Waals surface area contributed by atoms with E-state index in [9.17, 15) is 0 Å². The van der Waals surface area contributed by atoms with E-state index in [-0.39, 0.29) is 0 Å². The number of piperidine rings is 1. The molecule has 2 rings (SSSR count). The zero-order valence-corrected chi connectivity index (χ0v) is 9.71. The summed E-state index contributed by atoms with van der Waals surface area (Å²) in [5, 5.41) is 0. The number of hydrogen-bond donors (Lipinski definition) is 0. The summed E-state index contributed by atoms with van der Waals surface area (Å²) in [4.78, 5) is 5.09. The lowest BCUT2D eigenvalue weighted by Crippen LogP contribution is -2.36. The van der Waals surface area contributed by atoms with Crippen molar-refractivity contribution >= 4 is 0 Å². The van der Waals surface area contributed by atoms with E-state index in [0.29, 0.717) is 0 Å². The maximum Gasteiger partial charge on any atom is 0.000975 e. The van der Waals surface area contributed by atoms with E-state index in [2.05, 4.69) is 23.8 Å². The van der Waals surface area contributed by atoms with E-state index in [4.69, 9.17) is 0 Å². The molecule has 2 saturated heterocycles. The van der Waals surface area contributed by atoms with Gasteiger partial charge in [-0.3, -0.25) is 0 Å². The van der Waals surface area contributed by atoms with Crippen molar-refractivity contribution in [3.63, 3.8) is 0 Å². The molecule has 82 valence electrons. The first-order valence-corrected chi connectivity index (χ1v) is 6.20. The number of nitrogens with zero attached hydrogens (tertiary/aromatic N) is 2. The molecular weight excluding hydrogens is 172 g/mol. The average molecular weight is 196 g/mol. The lowest BCUT2D eigenvalue weighted by atomic mass is 9.84. The minimum absolute atomic E-state index is 1.01. The standard InChI is InChI=1S/C12H24N2/c1-3-14-8-5-11(6-9-14)12-4-7-13(2)10-12/h11-12H,3-10H2,1-2H3. The Morgan fingerprint density at radius 1 is 1.00 bits per heavy atom. The van der Waals surface area contributed by atoms with Gasteiger partial charge in [0.05, 0.1) is 0 Å². The Bertz CT molecular complexity index is 173. The molecule has 1 unspecified atom stereocenters. The van der Waals surface area contributed by atoms with Gasteiger partial charge in [-0.2, -0.15) is 0 Å². The molecule has 14 heavy (non-hydrogen) atoms. The summed E-state index contributed by atoms with van der Waals surface area (Å²) in [5.41, 5.74) is 0. The van der Waals surface area contributed by atoms with Gasteiger partial charge in [0.15, 0.2) is 0 Å². The molecule has 2 aliphatic rings. The number of rotatable bonds is 2. The Morgan fingerprint density at radius 3 is 2.14 bits per heavy atom. The highest BCUT2D eigenvalue weighted by Crippen LogP contribution is 2.30. The van der Waals surface area contributed by atoms with Crippen LogP contribution >= 0.6 is 0 Å². The van der Waals surface area contributed by atoms with Crippen LogP contribution in [0.4, 0.5) is 0 Å². The summed E-state index contributed by atoms with van der Waals surface area (Å²) < 4.78 is 0. The van der Waals surface area contributed by atoms with E-state index in [1.54, 1.807) is 0 Å². The summed E-state index contributed by atoms with van der Waals surface area (Å²) in [6, 6.07) is 0. The quantitative estimate of drug-likeness (QED) is 0.663. The second kappa shape index (κ2) is 4.63. The average Bonchev–Trinajstić information content (AvgIpc) is 2.65. The molecule has 1 atom stereocenters. The molecule has 0 N–H and O–H groups in total. The number of hydrogen-bond acceptors (Lipinski definition) is 2.